The van der Waals surface area contributed by atoms with E-state index < -0.39 is 0 Å². The van der Waals surface area contributed by atoms with Gasteiger partial charge in [-0.2, -0.15) is 0 Å². The van der Waals surface area contributed by atoms with E-state index >= 15 is 0 Å². The van der Waals surface area contributed by atoms with Gasteiger partial charge in [0.2, 0.25) is 0 Å². The summed E-state index contributed by atoms with van der Waals surface area (Å²) in [6, 6.07) is 3.99. The predicted molar refractivity (Wildman–Crippen MR) is 65.7 cm³/mol. The van der Waals surface area contributed by atoms with Crippen molar-refractivity contribution in [2.75, 3.05) is 6.61 Å². The van der Waals surface area contributed by atoms with Crippen LogP contribution in [-0.2, 0) is 4.74 Å². The number of carbonyl (C=O) groups is 1. The molecule has 0 aromatic heterocycles. The molecule has 0 saturated heterocycles. The number of benzene rings is 1. The zero-order valence-corrected chi connectivity index (χ0v) is 10.2. The second kappa shape index (κ2) is 5.50. The smallest absolute Gasteiger partial charge is 0.338 e. The molecule has 0 saturated carbocycles. The van der Waals surface area contributed by atoms with Gasteiger partial charge in [0, 0.05) is 0 Å². The van der Waals surface area contributed by atoms with Gasteiger partial charge in [-0.05, 0) is 38.3 Å². The van der Waals surface area contributed by atoms with Crippen LogP contribution in [-0.4, -0.2) is 12.6 Å². The van der Waals surface area contributed by atoms with Gasteiger partial charge in [0.1, 0.15) is 0 Å². The summed E-state index contributed by atoms with van der Waals surface area (Å²) in [5.41, 5.74) is 3.80. The fourth-order valence-corrected chi connectivity index (χ4v) is 1.81. The van der Waals surface area contributed by atoms with E-state index in [0.29, 0.717) is 18.6 Å². The number of esters is 1. The summed E-state index contributed by atoms with van der Waals surface area (Å²) < 4.78 is 5.16. The Balaban J connectivity index is 2.86. The van der Waals surface area contributed by atoms with Crippen molar-refractivity contribution in [1.29, 1.82) is 0 Å². The minimum Gasteiger partial charge on any atom is -0.462 e. The summed E-state index contributed by atoms with van der Waals surface area (Å²) in [4.78, 5) is 11.8. The molecule has 0 N–H and O–H groups in total. The lowest BCUT2D eigenvalue weighted by Crippen LogP contribution is -2.10. The van der Waals surface area contributed by atoms with Crippen LogP contribution in [0, 0.1) is 20.8 Å². The maximum Gasteiger partial charge on any atom is 0.338 e. The van der Waals surface area contributed by atoms with E-state index in [9.17, 15) is 4.79 Å². The highest BCUT2D eigenvalue weighted by molar-refractivity contribution is 5.92. The van der Waals surface area contributed by atoms with Crippen molar-refractivity contribution < 1.29 is 9.53 Å². The molecule has 0 aliphatic rings. The first-order chi connectivity index (χ1) is 7.56. The molecule has 0 heterocycles. The summed E-state index contributed by atoms with van der Waals surface area (Å²) >= 11 is 0. The van der Waals surface area contributed by atoms with Crippen LogP contribution in [0.1, 0.15) is 33.5 Å². The Bertz CT molecular complexity index is 382. The number of ether oxygens (including phenoxy) is 1. The van der Waals surface area contributed by atoms with Crippen molar-refractivity contribution in [2.24, 2.45) is 0 Å². The van der Waals surface area contributed by atoms with Gasteiger partial charge in [-0.1, -0.05) is 23.8 Å². The number of hydrogen-bond donors (Lipinski definition) is 0. The van der Waals surface area contributed by atoms with Crippen LogP contribution in [0.4, 0.5) is 0 Å². The number of aryl methyl sites for hydroxylation is 3. The second-order valence-electron chi connectivity index (χ2n) is 3.99. The average molecular weight is 218 g/mol. The maximum absolute atomic E-state index is 11.8. The summed E-state index contributed by atoms with van der Waals surface area (Å²) in [6.45, 7) is 9.87. The monoisotopic (exact) mass is 218 g/mol. The fraction of sp³-hybridized carbons (Fsp3) is 0.357. The lowest BCUT2D eigenvalue weighted by atomic mass is 10.00. The number of carbonyl (C=O) groups excluding carboxylic acids is 1. The SMILES string of the molecule is C=CCCOC(=O)c1c(C)cc(C)cc1C. The van der Waals surface area contributed by atoms with Gasteiger partial charge in [-0.25, -0.2) is 4.79 Å². The van der Waals surface area contributed by atoms with Crippen molar-refractivity contribution in [2.45, 2.75) is 27.2 Å². The third kappa shape index (κ3) is 2.96. The number of hydrogen-bond acceptors (Lipinski definition) is 2. The van der Waals surface area contributed by atoms with Crippen molar-refractivity contribution in [3.63, 3.8) is 0 Å². The molecule has 0 fully saturated rings. The van der Waals surface area contributed by atoms with Gasteiger partial charge < -0.3 is 4.74 Å². The Morgan fingerprint density at radius 3 is 2.38 bits per heavy atom. The Labute approximate surface area is 96.9 Å². The molecule has 0 amide bonds. The molecule has 2 heteroatoms. The molecule has 2 nitrogen and oxygen atoms in total. The molecule has 1 rings (SSSR count). The van der Waals surface area contributed by atoms with Crippen LogP contribution in [0.25, 0.3) is 0 Å². The van der Waals surface area contributed by atoms with Gasteiger partial charge in [0.15, 0.2) is 0 Å². The summed E-state index contributed by atoms with van der Waals surface area (Å²) in [5.74, 6) is -0.239. The Kier molecular flexibility index (Phi) is 4.29. The molecule has 16 heavy (non-hydrogen) atoms. The zero-order chi connectivity index (χ0) is 12.1. The van der Waals surface area contributed by atoms with E-state index in [1.54, 1.807) is 6.08 Å². The first-order valence-electron chi connectivity index (χ1n) is 5.42. The van der Waals surface area contributed by atoms with Gasteiger partial charge in [0.25, 0.3) is 0 Å². The highest BCUT2D eigenvalue weighted by Crippen LogP contribution is 2.17. The molecule has 0 bridgehead atoms. The summed E-state index contributed by atoms with van der Waals surface area (Å²) in [5, 5.41) is 0. The molecule has 0 spiro atoms. The van der Waals surface area contributed by atoms with Gasteiger partial charge in [-0.15, -0.1) is 6.58 Å². The summed E-state index contributed by atoms with van der Waals surface area (Å²) in [6.07, 6.45) is 2.43. The molecule has 1 aromatic rings. The lowest BCUT2D eigenvalue weighted by molar-refractivity contribution is 0.0510. The standard InChI is InChI=1S/C14H18O2/c1-5-6-7-16-14(15)13-11(3)8-10(2)9-12(13)4/h5,8-9H,1,6-7H2,2-4H3. The Morgan fingerprint density at radius 1 is 1.31 bits per heavy atom. The largest absolute Gasteiger partial charge is 0.462 e. The van der Waals surface area contributed by atoms with Crippen LogP contribution in [0.15, 0.2) is 24.8 Å². The quantitative estimate of drug-likeness (QED) is 0.440. The van der Waals surface area contributed by atoms with E-state index in [0.717, 1.165) is 16.7 Å². The molecule has 0 radical (unpaired) electrons. The molecular formula is C14H18O2. The topological polar surface area (TPSA) is 26.3 Å². The van der Waals surface area contributed by atoms with Crippen molar-refractivity contribution in [1.82, 2.24) is 0 Å². The third-order valence-electron chi connectivity index (χ3n) is 2.44. The molecule has 1 aromatic carbocycles. The van der Waals surface area contributed by atoms with E-state index in [-0.39, 0.29) is 5.97 Å². The number of rotatable bonds is 4. The minimum atomic E-state index is -0.239. The first kappa shape index (κ1) is 12.5. The fourth-order valence-electron chi connectivity index (χ4n) is 1.81. The normalized spacial score (nSPS) is 9.94. The van der Waals surface area contributed by atoms with Crippen LogP contribution >= 0.6 is 0 Å². The van der Waals surface area contributed by atoms with E-state index in [2.05, 4.69) is 6.58 Å². The highest BCUT2D eigenvalue weighted by atomic mass is 16.5. The predicted octanol–water partition coefficient (Wildman–Crippen LogP) is 3.34. The van der Waals surface area contributed by atoms with Crippen molar-refractivity contribution in [3.8, 4) is 0 Å². The Hall–Kier alpha value is -1.57. The molecule has 0 unspecified atom stereocenters. The minimum absolute atomic E-state index is 0.239. The average Bonchev–Trinajstić information content (AvgIpc) is 2.16. The van der Waals surface area contributed by atoms with E-state index in [4.69, 9.17) is 4.74 Å². The van der Waals surface area contributed by atoms with Gasteiger partial charge in [0.05, 0.1) is 12.2 Å². The third-order valence-corrected chi connectivity index (χ3v) is 2.44. The molecule has 86 valence electrons. The van der Waals surface area contributed by atoms with Crippen LogP contribution in [0.2, 0.25) is 0 Å². The van der Waals surface area contributed by atoms with Gasteiger partial charge in [-0.3, -0.25) is 0 Å². The molecule has 0 aliphatic carbocycles. The maximum atomic E-state index is 11.8. The van der Waals surface area contributed by atoms with Crippen LogP contribution in [0.3, 0.4) is 0 Å². The zero-order valence-electron chi connectivity index (χ0n) is 10.2. The Morgan fingerprint density at radius 2 is 1.88 bits per heavy atom. The van der Waals surface area contributed by atoms with Gasteiger partial charge >= 0.3 is 5.97 Å². The highest BCUT2D eigenvalue weighted by Gasteiger charge is 2.13. The summed E-state index contributed by atoms with van der Waals surface area (Å²) in [7, 11) is 0. The second-order valence-corrected chi connectivity index (χ2v) is 3.99. The van der Waals surface area contributed by atoms with E-state index in [1.807, 2.05) is 32.9 Å². The molecular weight excluding hydrogens is 200 g/mol. The van der Waals surface area contributed by atoms with Crippen molar-refractivity contribution >= 4 is 5.97 Å². The van der Waals surface area contributed by atoms with Crippen LogP contribution in [0.5, 0.6) is 0 Å². The molecule has 0 aliphatic heterocycles. The van der Waals surface area contributed by atoms with E-state index in [1.165, 1.54) is 0 Å². The lowest BCUT2D eigenvalue weighted by Gasteiger charge is -2.10. The van der Waals surface area contributed by atoms with Crippen molar-refractivity contribution in [3.05, 3.63) is 47.0 Å². The van der Waals surface area contributed by atoms with Crippen LogP contribution < -0.4 is 0 Å². The molecule has 0 atom stereocenters. The first-order valence-corrected chi connectivity index (χ1v) is 5.42.